The fourth-order valence-corrected chi connectivity index (χ4v) is 2.05. The van der Waals surface area contributed by atoms with Crippen LogP contribution in [0.3, 0.4) is 0 Å². The second-order valence-corrected chi connectivity index (χ2v) is 4.51. The molecule has 1 N–H and O–H groups in total. The van der Waals surface area contributed by atoms with Crippen LogP contribution in [-0.2, 0) is 11.3 Å². The molecule has 100 valence electrons. The maximum absolute atomic E-state index is 9.13. The molecule has 2 rings (SSSR count). The number of methoxy groups -OCH3 is 1. The lowest BCUT2D eigenvalue weighted by molar-refractivity contribution is 0.0493. The Labute approximate surface area is 107 Å². The molecule has 0 bridgehead atoms. The number of aliphatic hydroxyl groups excluding tert-OH is 1. The number of aliphatic hydroxyl groups is 1. The van der Waals surface area contributed by atoms with Gasteiger partial charge in [-0.1, -0.05) is 6.07 Å². The molecule has 1 aliphatic heterocycles. The Morgan fingerprint density at radius 2 is 2.06 bits per heavy atom. The molecular formula is C14H20O4. The van der Waals surface area contributed by atoms with Crippen molar-refractivity contribution in [3.63, 3.8) is 0 Å². The van der Waals surface area contributed by atoms with Gasteiger partial charge in [-0.15, -0.1) is 0 Å². The molecule has 1 aromatic rings. The predicted molar refractivity (Wildman–Crippen MR) is 68.0 cm³/mol. The standard InChI is InChI=1S/C14H20O4/c1-16-13-3-2-12(9-15)8-14(13)18-10-11-4-6-17-7-5-11/h2-3,8,11,15H,4-7,9-10H2,1H3. The lowest BCUT2D eigenvalue weighted by Crippen LogP contribution is -2.21. The van der Waals surface area contributed by atoms with E-state index in [-0.39, 0.29) is 6.61 Å². The fourth-order valence-electron chi connectivity index (χ4n) is 2.05. The normalized spacial score (nSPS) is 16.6. The molecule has 1 aromatic carbocycles. The Balaban J connectivity index is 1.97. The zero-order valence-corrected chi connectivity index (χ0v) is 10.7. The topological polar surface area (TPSA) is 47.9 Å². The van der Waals surface area contributed by atoms with Gasteiger partial charge in [0, 0.05) is 13.2 Å². The van der Waals surface area contributed by atoms with Crippen LogP contribution in [-0.4, -0.2) is 32.0 Å². The molecule has 0 spiro atoms. The molecular weight excluding hydrogens is 232 g/mol. The third-order valence-corrected chi connectivity index (χ3v) is 3.23. The maximum Gasteiger partial charge on any atom is 0.161 e. The molecule has 18 heavy (non-hydrogen) atoms. The van der Waals surface area contributed by atoms with Crippen LogP contribution in [0.2, 0.25) is 0 Å². The molecule has 0 amide bonds. The van der Waals surface area contributed by atoms with E-state index in [1.807, 2.05) is 18.2 Å². The van der Waals surface area contributed by atoms with E-state index in [1.165, 1.54) is 0 Å². The molecule has 1 heterocycles. The van der Waals surface area contributed by atoms with Gasteiger partial charge in [0.15, 0.2) is 11.5 Å². The van der Waals surface area contributed by atoms with Gasteiger partial charge in [0.1, 0.15) is 0 Å². The average molecular weight is 252 g/mol. The van der Waals surface area contributed by atoms with Crippen LogP contribution in [0.15, 0.2) is 18.2 Å². The summed E-state index contributed by atoms with van der Waals surface area (Å²) in [5.74, 6) is 1.95. The predicted octanol–water partition coefficient (Wildman–Crippen LogP) is 1.99. The van der Waals surface area contributed by atoms with Gasteiger partial charge in [-0.2, -0.15) is 0 Å². The molecule has 1 saturated heterocycles. The highest BCUT2D eigenvalue weighted by Crippen LogP contribution is 2.29. The summed E-state index contributed by atoms with van der Waals surface area (Å²) in [7, 11) is 1.62. The van der Waals surface area contributed by atoms with Crippen molar-refractivity contribution in [2.24, 2.45) is 5.92 Å². The highest BCUT2D eigenvalue weighted by atomic mass is 16.5. The molecule has 0 unspecified atom stereocenters. The minimum Gasteiger partial charge on any atom is -0.493 e. The largest absolute Gasteiger partial charge is 0.493 e. The van der Waals surface area contributed by atoms with E-state index >= 15 is 0 Å². The summed E-state index contributed by atoms with van der Waals surface area (Å²) >= 11 is 0. The molecule has 0 aromatic heterocycles. The fraction of sp³-hybridized carbons (Fsp3) is 0.571. The van der Waals surface area contributed by atoms with Gasteiger partial charge in [0.25, 0.3) is 0 Å². The zero-order valence-electron chi connectivity index (χ0n) is 10.7. The van der Waals surface area contributed by atoms with E-state index in [1.54, 1.807) is 7.11 Å². The van der Waals surface area contributed by atoms with E-state index < -0.39 is 0 Å². The molecule has 4 heteroatoms. The van der Waals surface area contributed by atoms with Crippen molar-refractivity contribution in [1.82, 2.24) is 0 Å². The van der Waals surface area contributed by atoms with Gasteiger partial charge < -0.3 is 19.3 Å². The van der Waals surface area contributed by atoms with Crippen molar-refractivity contribution < 1.29 is 19.3 Å². The average Bonchev–Trinajstić information content (AvgIpc) is 2.45. The van der Waals surface area contributed by atoms with Crippen LogP contribution in [0.25, 0.3) is 0 Å². The summed E-state index contributed by atoms with van der Waals surface area (Å²) in [5, 5.41) is 9.13. The number of hydrogen-bond donors (Lipinski definition) is 1. The maximum atomic E-state index is 9.13. The number of benzene rings is 1. The van der Waals surface area contributed by atoms with Crippen LogP contribution in [0, 0.1) is 5.92 Å². The first-order chi connectivity index (χ1) is 8.83. The Morgan fingerprint density at radius 3 is 2.72 bits per heavy atom. The first kappa shape index (κ1) is 13.2. The monoisotopic (exact) mass is 252 g/mol. The van der Waals surface area contributed by atoms with Crippen molar-refractivity contribution in [3.8, 4) is 11.5 Å². The van der Waals surface area contributed by atoms with Gasteiger partial charge in [-0.05, 0) is 36.5 Å². The first-order valence-corrected chi connectivity index (χ1v) is 6.32. The van der Waals surface area contributed by atoms with E-state index in [0.29, 0.717) is 24.0 Å². The minimum atomic E-state index is 0.0115. The van der Waals surface area contributed by atoms with Gasteiger partial charge >= 0.3 is 0 Å². The molecule has 1 fully saturated rings. The Kier molecular flexibility index (Phi) is 4.84. The van der Waals surface area contributed by atoms with Gasteiger partial charge in [-0.25, -0.2) is 0 Å². The van der Waals surface area contributed by atoms with Crippen LogP contribution in [0.4, 0.5) is 0 Å². The smallest absolute Gasteiger partial charge is 0.161 e. The first-order valence-electron chi connectivity index (χ1n) is 6.32. The highest BCUT2D eigenvalue weighted by Gasteiger charge is 2.15. The molecule has 4 nitrogen and oxygen atoms in total. The number of hydrogen-bond acceptors (Lipinski definition) is 4. The molecule has 0 aliphatic carbocycles. The summed E-state index contributed by atoms with van der Waals surface area (Å²) < 4.78 is 16.4. The molecule has 0 atom stereocenters. The SMILES string of the molecule is COc1ccc(CO)cc1OCC1CCOCC1. The van der Waals surface area contributed by atoms with Gasteiger partial charge in [0.05, 0.1) is 20.3 Å². The van der Waals surface area contributed by atoms with Gasteiger partial charge in [0.2, 0.25) is 0 Å². The van der Waals surface area contributed by atoms with Crippen molar-refractivity contribution >= 4 is 0 Å². The molecule has 1 aliphatic rings. The summed E-state index contributed by atoms with van der Waals surface area (Å²) in [6.45, 7) is 2.33. The molecule has 0 saturated carbocycles. The lowest BCUT2D eigenvalue weighted by atomic mass is 10.0. The Hall–Kier alpha value is -1.26. The lowest BCUT2D eigenvalue weighted by Gasteiger charge is -2.22. The zero-order chi connectivity index (χ0) is 12.8. The number of ether oxygens (including phenoxy) is 3. The molecule has 0 radical (unpaired) electrons. The van der Waals surface area contributed by atoms with Crippen LogP contribution < -0.4 is 9.47 Å². The Morgan fingerprint density at radius 1 is 1.28 bits per heavy atom. The summed E-state index contributed by atoms with van der Waals surface area (Å²) in [6.07, 6.45) is 2.09. The van der Waals surface area contributed by atoms with E-state index in [0.717, 1.165) is 31.6 Å². The van der Waals surface area contributed by atoms with Crippen molar-refractivity contribution in [2.75, 3.05) is 26.9 Å². The van der Waals surface area contributed by atoms with E-state index in [4.69, 9.17) is 19.3 Å². The highest BCUT2D eigenvalue weighted by molar-refractivity contribution is 5.42. The van der Waals surface area contributed by atoms with E-state index in [9.17, 15) is 0 Å². The van der Waals surface area contributed by atoms with Crippen molar-refractivity contribution in [1.29, 1.82) is 0 Å². The third-order valence-electron chi connectivity index (χ3n) is 3.23. The summed E-state index contributed by atoms with van der Waals surface area (Å²) in [6, 6.07) is 5.49. The second-order valence-electron chi connectivity index (χ2n) is 4.51. The minimum absolute atomic E-state index is 0.0115. The van der Waals surface area contributed by atoms with Crippen LogP contribution in [0.1, 0.15) is 18.4 Å². The van der Waals surface area contributed by atoms with E-state index in [2.05, 4.69) is 0 Å². The summed E-state index contributed by atoms with van der Waals surface area (Å²) in [5.41, 5.74) is 0.831. The quantitative estimate of drug-likeness (QED) is 0.870. The van der Waals surface area contributed by atoms with Crippen molar-refractivity contribution in [2.45, 2.75) is 19.4 Å². The Bertz CT molecular complexity index is 372. The van der Waals surface area contributed by atoms with Crippen LogP contribution in [0.5, 0.6) is 11.5 Å². The van der Waals surface area contributed by atoms with Gasteiger partial charge in [-0.3, -0.25) is 0 Å². The number of rotatable bonds is 5. The second kappa shape index (κ2) is 6.61. The summed E-state index contributed by atoms with van der Waals surface area (Å²) in [4.78, 5) is 0. The van der Waals surface area contributed by atoms with Crippen molar-refractivity contribution in [3.05, 3.63) is 23.8 Å². The van der Waals surface area contributed by atoms with Crippen LogP contribution >= 0.6 is 0 Å². The third kappa shape index (κ3) is 3.37.